The van der Waals surface area contributed by atoms with E-state index in [1.54, 1.807) is 12.1 Å². The summed E-state index contributed by atoms with van der Waals surface area (Å²) in [5.74, 6) is 1.03. The first kappa shape index (κ1) is 20.9. The van der Waals surface area contributed by atoms with Gasteiger partial charge in [0, 0.05) is 43.9 Å². The van der Waals surface area contributed by atoms with Crippen molar-refractivity contribution in [3.8, 4) is 5.88 Å². The molecule has 0 atom stereocenters. The van der Waals surface area contributed by atoms with Crippen molar-refractivity contribution in [3.63, 3.8) is 0 Å². The van der Waals surface area contributed by atoms with Crippen LogP contribution in [0.5, 0.6) is 5.88 Å². The molecular formula is C18H25N7O3S. The fraction of sp³-hybridized carbons (Fsp3) is 0.444. The monoisotopic (exact) mass is 419 g/mol. The minimum atomic E-state index is -3.20. The standard InChI is InChI=1S/C18H25N7O3S/c1-12(2)28-17-8-13(14(19)10-21-17)18(20)15-9-16(23-11-22-15)24-4-6-25(7-5-24)29(3,26)27/h8-12,20H,4-7,19H2,1-3H3. The van der Waals surface area contributed by atoms with Gasteiger partial charge >= 0.3 is 0 Å². The van der Waals surface area contributed by atoms with E-state index >= 15 is 0 Å². The lowest BCUT2D eigenvalue weighted by Gasteiger charge is -2.34. The third-order valence-electron chi connectivity index (χ3n) is 4.48. The Balaban J connectivity index is 1.80. The average Bonchev–Trinajstić information content (AvgIpc) is 2.68. The van der Waals surface area contributed by atoms with Crippen molar-refractivity contribution >= 4 is 27.2 Å². The zero-order valence-corrected chi connectivity index (χ0v) is 17.5. The first-order valence-electron chi connectivity index (χ1n) is 9.18. The van der Waals surface area contributed by atoms with Gasteiger partial charge in [-0.15, -0.1) is 0 Å². The highest BCUT2D eigenvalue weighted by Crippen LogP contribution is 2.22. The summed E-state index contributed by atoms with van der Waals surface area (Å²) in [7, 11) is -3.20. The highest BCUT2D eigenvalue weighted by atomic mass is 32.2. The smallest absolute Gasteiger partial charge is 0.214 e. The Morgan fingerprint density at radius 2 is 1.86 bits per heavy atom. The van der Waals surface area contributed by atoms with Gasteiger partial charge in [0.15, 0.2) is 0 Å². The van der Waals surface area contributed by atoms with Gasteiger partial charge in [-0.05, 0) is 13.8 Å². The summed E-state index contributed by atoms with van der Waals surface area (Å²) in [5.41, 5.74) is 7.40. The largest absolute Gasteiger partial charge is 0.475 e. The van der Waals surface area contributed by atoms with Gasteiger partial charge in [-0.25, -0.2) is 23.4 Å². The van der Waals surface area contributed by atoms with Crippen LogP contribution in [0.4, 0.5) is 11.5 Å². The lowest BCUT2D eigenvalue weighted by Crippen LogP contribution is -2.48. The molecule has 11 heteroatoms. The summed E-state index contributed by atoms with van der Waals surface area (Å²) in [6.45, 7) is 5.60. The van der Waals surface area contributed by atoms with Crippen LogP contribution in [-0.4, -0.2) is 71.9 Å². The van der Waals surface area contributed by atoms with E-state index in [-0.39, 0.29) is 11.8 Å². The van der Waals surface area contributed by atoms with Crippen molar-refractivity contribution < 1.29 is 13.2 Å². The van der Waals surface area contributed by atoms with Gasteiger partial charge in [-0.3, -0.25) is 5.41 Å². The van der Waals surface area contributed by atoms with Crippen molar-refractivity contribution in [3.05, 3.63) is 35.9 Å². The number of nitrogens with zero attached hydrogens (tertiary/aromatic N) is 5. The van der Waals surface area contributed by atoms with E-state index in [1.165, 1.54) is 23.1 Å². The number of aromatic nitrogens is 3. The number of nitrogen functional groups attached to an aromatic ring is 1. The molecule has 29 heavy (non-hydrogen) atoms. The Labute approximate surface area is 170 Å². The molecule has 0 radical (unpaired) electrons. The number of nitrogens with one attached hydrogen (secondary N) is 1. The van der Waals surface area contributed by atoms with Gasteiger partial charge in [0.2, 0.25) is 15.9 Å². The topological polar surface area (TPSA) is 138 Å². The normalized spacial score (nSPS) is 15.5. The minimum Gasteiger partial charge on any atom is -0.475 e. The summed E-state index contributed by atoms with van der Waals surface area (Å²) in [5, 5.41) is 8.56. The van der Waals surface area contributed by atoms with Gasteiger partial charge in [0.05, 0.1) is 35.6 Å². The molecule has 0 saturated carbocycles. The van der Waals surface area contributed by atoms with E-state index in [1.807, 2.05) is 18.7 Å². The van der Waals surface area contributed by atoms with E-state index in [0.717, 1.165) is 0 Å². The lowest BCUT2D eigenvalue weighted by atomic mass is 10.1. The highest BCUT2D eigenvalue weighted by molar-refractivity contribution is 7.88. The van der Waals surface area contributed by atoms with Crippen LogP contribution < -0.4 is 15.4 Å². The molecular weight excluding hydrogens is 394 g/mol. The molecule has 1 aliphatic rings. The molecule has 10 nitrogen and oxygen atoms in total. The molecule has 1 aliphatic heterocycles. The maximum absolute atomic E-state index is 11.7. The quantitative estimate of drug-likeness (QED) is 0.654. The second-order valence-electron chi connectivity index (χ2n) is 7.06. The molecule has 0 bridgehead atoms. The number of pyridine rings is 1. The van der Waals surface area contributed by atoms with Gasteiger partial charge in [-0.2, -0.15) is 4.31 Å². The lowest BCUT2D eigenvalue weighted by molar-refractivity contribution is 0.232. The Morgan fingerprint density at radius 1 is 1.17 bits per heavy atom. The van der Waals surface area contributed by atoms with Crippen molar-refractivity contribution in [1.82, 2.24) is 19.3 Å². The Hall–Kier alpha value is -2.79. The van der Waals surface area contributed by atoms with Crippen LogP contribution in [0.15, 0.2) is 24.7 Å². The molecule has 1 fully saturated rings. The van der Waals surface area contributed by atoms with Gasteiger partial charge in [-0.1, -0.05) is 0 Å². The predicted molar refractivity (Wildman–Crippen MR) is 111 cm³/mol. The molecule has 0 aromatic carbocycles. The van der Waals surface area contributed by atoms with Gasteiger partial charge < -0.3 is 15.4 Å². The number of sulfonamides is 1. The molecule has 0 spiro atoms. The molecule has 1 saturated heterocycles. The Bertz CT molecular complexity index is 1000. The summed E-state index contributed by atoms with van der Waals surface area (Å²) in [4.78, 5) is 14.6. The first-order chi connectivity index (χ1) is 13.6. The highest BCUT2D eigenvalue weighted by Gasteiger charge is 2.24. The second-order valence-corrected chi connectivity index (χ2v) is 9.04. The molecule has 3 heterocycles. The number of ether oxygens (including phenoxy) is 1. The van der Waals surface area contributed by atoms with E-state index in [2.05, 4.69) is 15.0 Å². The SMILES string of the molecule is CC(C)Oc1cc(C(=N)c2cc(N3CCN(S(C)(=O)=O)CC3)ncn2)c(N)cn1. The molecule has 0 amide bonds. The third kappa shape index (κ3) is 4.98. The van der Waals surface area contributed by atoms with Crippen LogP contribution in [0.3, 0.4) is 0 Å². The number of rotatable bonds is 6. The van der Waals surface area contributed by atoms with Crippen LogP contribution in [-0.2, 0) is 10.0 Å². The van der Waals surface area contributed by atoms with Crippen molar-refractivity contribution in [2.75, 3.05) is 43.1 Å². The predicted octanol–water partition coefficient (Wildman–Crippen LogP) is 0.739. The average molecular weight is 420 g/mol. The molecule has 2 aromatic rings. The van der Waals surface area contributed by atoms with Crippen molar-refractivity contribution in [1.29, 1.82) is 5.41 Å². The number of hydrogen-bond donors (Lipinski definition) is 2. The Morgan fingerprint density at radius 3 is 2.48 bits per heavy atom. The van der Waals surface area contributed by atoms with Crippen LogP contribution in [0, 0.1) is 5.41 Å². The van der Waals surface area contributed by atoms with Crippen LogP contribution in [0.2, 0.25) is 0 Å². The van der Waals surface area contributed by atoms with E-state index < -0.39 is 10.0 Å². The van der Waals surface area contributed by atoms with Gasteiger partial charge in [0.1, 0.15) is 12.1 Å². The fourth-order valence-corrected chi connectivity index (χ4v) is 3.84. The van der Waals surface area contributed by atoms with E-state index in [9.17, 15) is 8.42 Å². The van der Waals surface area contributed by atoms with Crippen LogP contribution in [0.1, 0.15) is 25.1 Å². The molecule has 0 unspecified atom stereocenters. The number of piperazine rings is 1. The summed E-state index contributed by atoms with van der Waals surface area (Å²) in [6, 6.07) is 3.34. The Kier molecular flexibility index (Phi) is 5.99. The maximum Gasteiger partial charge on any atom is 0.214 e. The van der Waals surface area contributed by atoms with E-state index in [4.69, 9.17) is 15.9 Å². The first-order valence-corrected chi connectivity index (χ1v) is 11.0. The summed E-state index contributed by atoms with van der Waals surface area (Å²) < 4.78 is 30.4. The molecule has 2 aromatic heterocycles. The van der Waals surface area contributed by atoms with E-state index in [0.29, 0.717) is 54.8 Å². The molecule has 3 rings (SSSR count). The molecule has 0 aliphatic carbocycles. The van der Waals surface area contributed by atoms with Crippen LogP contribution >= 0.6 is 0 Å². The number of anilines is 2. The van der Waals surface area contributed by atoms with Crippen molar-refractivity contribution in [2.24, 2.45) is 0 Å². The van der Waals surface area contributed by atoms with Gasteiger partial charge in [0.25, 0.3) is 0 Å². The summed E-state index contributed by atoms with van der Waals surface area (Å²) >= 11 is 0. The molecule has 3 N–H and O–H groups in total. The molecule has 156 valence electrons. The minimum absolute atomic E-state index is 0.0515. The summed E-state index contributed by atoms with van der Waals surface area (Å²) in [6.07, 6.45) is 4.02. The van der Waals surface area contributed by atoms with Crippen molar-refractivity contribution in [2.45, 2.75) is 20.0 Å². The number of nitrogens with two attached hydrogens (primary N) is 1. The van der Waals surface area contributed by atoms with Crippen LogP contribution in [0.25, 0.3) is 0 Å². The maximum atomic E-state index is 11.7. The third-order valence-corrected chi connectivity index (χ3v) is 5.78. The zero-order chi connectivity index (χ0) is 21.2. The fourth-order valence-electron chi connectivity index (χ4n) is 3.01. The number of hydrogen-bond acceptors (Lipinski definition) is 9. The second kappa shape index (κ2) is 8.29. The zero-order valence-electron chi connectivity index (χ0n) is 16.7.